The summed E-state index contributed by atoms with van der Waals surface area (Å²) in [7, 11) is 0. The molecule has 212 valence electrons. The van der Waals surface area contributed by atoms with Crippen LogP contribution in [0.5, 0.6) is 5.75 Å². The first-order chi connectivity index (χ1) is 19.1. The molecule has 2 amide bonds. The number of halogens is 1. The van der Waals surface area contributed by atoms with Gasteiger partial charge in [0.25, 0.3) is 0 Å². The summed E-state index contributed by atoms with van der Waals surface area (Å²) >= 11 is 1.66. The molecule has 0 atom stereocenters. The molecular formula is C32H45FN3O2S+. The number of anilines is 2. The van der Waals surface area contributed by atoms with Gasteiger partial charge >= 0.3 is 6.03 Å². The van der Waals surface area contributed by atoms with Gasteiger partial charge in [0, 0.05) is 18.2 Å². The van der Waals surface area contributed by atoms with E-state index in [1.54, 1.807) is 23.5 Å². The van der Waals surface area contributed by atoms with Gasteiger partial charge in [-0.2, -0.15) is 4.57 Å². The summed E-state index contributed by atoms with van der Waals surface area (Å²) in [6.07, 6.45) is 15.1. The maximum Gasteiger partial charge on any atom is 0.323 e. The Bertz CT molecular complexity index is 1130. The predicted molar refractivity (Wildman–Crippen MR) is 160 cm³/mol. The Labute approximate surface area is 237 Å². The molecular weight excluding hydrogens is 509 g/mol. The molecule has 3 rings (SSSR count). The Hall–Kier alpha value is -2.93. The number of nitrogens with zero attached hydrogens (tertiary/aromatic N) is 1. The van der Waals surface area contributed by atoms with E-state index < -0.39 is 11.8 Å². The molecule has 0 aliphatic heterocycles. The van der Waals surface area contributed by atoms with Crippen molar-refractivity contribution in [3.63, 3.8) is 0 Å². The van der Waals surface area contributed by atoms with Crippen molar-refractivity contribution in [1.82, 2.24) is 0 Å². The SMILES string of the molecule is CCCCCCCCCCCCCCOc1c(F)cccc1NC(=O)Nc1cccc(C[n+]2cscc2C)c1. The lowest BCUT2D eigenvalue weighted by molar-refractivity contribution is -0.689. The molecule has 39 heavy (non-hydrogen) atoms. The number of urea groups is 1. The molecule has 0 fully saturated rings. The summed E-state index contributed by atoms with van der Waals surface area (Å²) in [4.78, 5) is 12.7. The molecule has 0 radical (unpaired) electrons. The first-order valence-electron chi connectivity index (χ1n) is 14.6. The number of unbranched alkanes of at least 4 members (excludes halogenated alkanes) is 11. The van der Waals surface area contributed by atoms with Crippen molar-refractivity contribution in [3.8, 4) is 5.75 Å². The highest BCUT2D eigenvalue weighted by molar-refractivity contribution is 7.07. The highest BCUT2D eigenvalue weighted by atomic mass is 32.1. The molecule has 3 aromatic rings. The van der Waals surface area contributed by atoms with Crippen LogP contribution < -0.4 is 19.9 Å². The Morgan fingerprint density at radius 2 is 1.56 bits per heavy atom. The second kappa shape index (κ2) is 17.6. The maximum absolute atomic E-state index is 14.5. The fourth-order valence-electron chi connectivity index (χ4n) is 4.62. The molecule has 0 bridgehead atoms. The second-order valence-corrected chi connectivity index (χ2v) is 11.0. The Balaban J connectivity index is 1.37. The number of carbonyl (C=O) groups excluding carboxylic acids is 1. The molecule has 1 heterocycles. The van der Waals surface area contributed by atoms with Crippen LogP contribution in [0.3, 0.4) is 0 Å². The minimum atomic E-state index is -0.475. The van der Waals surface area contributed by atoms with E-state index in [0.717, 1.165) is 24.9 Å². The third-order valence-electron chi connectivity index (χ3n) is 6.88. The molecule has 5 nitrogen and oxygen atoms in total. The first kappa shape index (κ1) is 30.6. The minimum absolute atomic E-state index is 0.0915. The van der Waals surface area contributed by atoms with Crippen LogP contribution in [0.15, 0.2) is 53.4 Å². The van der Waals surface area contributed by atoms with Crippen molar-refractivity contribution in [3.05, 3.63) is 70.4 Å². The Kier molecular flexibility index (Phi) is 13.8. The van der Waals surface area contributed by atoms with Crippen LogP contribution in [0, 0.1) is 12.7 Å². The lowest BCUT2D eigenvalue weighted by atomic mass is 10.1. The molecule has 0 saturated carbocycles. The minimum Gasteiger partial charge on any atom is -0.488 e. The molecule has 0 aliphatic rings. The van der Waals surface area contributed by atoms with E-state index in [1.807, 2.05) is 24.3 Å². The number of hydrogen-bond donors (Lipinski definition) is 2. The number of nitrogens with one attached hydrogen (secondary N) is 2. The van der Waals surface area contributed by atoms with Crippen LogP contribution in [-0.2, 0) is 6.54 Å². The summed E-state index contributed by atoms with van der Waals surface area (Å²) in [6.45, 7) is 5.48. The standard InChI is InChI=1S/C32H44FN3O2S/c1-3-4-5-6-7-8-9-10-11-12-13-14-21-38-31-29(33)19-16-20-30(31)35-32(37)34-28-18-15-17-27(22-28)23-36-25-39-24-26(36)2/h15-20,22,24-25H,3-14,21,23H2,1-2H3,(H-,34,35,37)/p+1. The van der Waals surface area contributed by atoms with E-state index in [0.29, 0.717) is 18.0 Å². The van der Waals surface area contributed by atoms with E-state index in [1.165, 1.54) is 76.0 Å². The van der Waals surface area contributed by atoms with Gasteiger partial charge < -0.3 is 15.4 Å². The van der Waals surface area contributed by atoms with Crippen LogP contribution in [0.1, 0.15) is 95.2 Å². The van der Waals surface area contributed by atoms with Crippen LogP contribution >= 0.6 is 11.3 Å². The third kappa shape index (κ3) is 11.4. The Morgan fingerprint density at radius 1 is 0.897 bits per heavy atom. The van der Waals surface area contributed by atoms with Gasteiger partial charge in [0.2, 0.25) is 5.51 Å². The highest BCUT2D eigenvalue weighted by Gasteiger charge is 2.14. The monoisotopic (exact) mass is 554 g/mol. The summed E-state index contributed by atoms with van der Waals surface area (Å²) in [5.41, 5.74) is 5.35. The van der Waals surface area contributed by atoms with E-state index in [4.69, 9.17) is 4.74 Å². The van der Waals surface area contributed by atoms with Crippen molar-refractivity contribution < 1.29 is 18.5 Å². The normalized spacial score (nSPS) is 10.9. The summed E-state index contributed by atoms with van der Waals surface area (Å²) < 4.78 is 22.5. The number of carbonyl (C=O) groups is 1. The summed E-state index contributed by atoms with van der Waals surface area (Å²) in [6, 6.07) is 11.9. The number of rotatable bonds is 18. The van der Waals surface area contributed by atoms with Crippen molar-refractivity contribution in [2.45, 2.75) is 97.4 Å². The number of thiazole rings is 1. The van der Waals surface area contributed by atoms with Gasteiger partial charge in [0.1, 0.15) is 0 Å². The van der Waals surface area contributed by atoms with Crippen molar-refractivity contribution >= 4 is 28.7 Å². The van der Waals surface area contributed by atoms with Crippen molar-refractivity contribution in [2.24, 2.45) is 0 Å². The van der Waals surface area contributed by atoms with E-state index >= 15 is 0 Å². The maximum atomic E-state index is 14.5. The van der Waals surface area contributed by atoms with Gasteiger partial charge in [-0.3, -0.25) is 0 Å². The molecule has 1 aromatic heterocycles. The van der Waals surface area contributed by atoms with Crippen LogP contribution in [0.4, 0.5) is 20.6 Å². The molecule has 0 spiro atoms. The topological polar surface area (TPSA) is 54.2 Å². The Morgan fingerprint density at radius 3 is 2.23 bits per heavy atom. The highest BCUT2D eigenvalue weighted by Crippen LogP contribution is 2.28. The van der Waals surface area contributed by atoms with Crippen LogP contribution in [0.2, 0.25) is 0 Å². The lowest BCUT2D eigenvalue weighted by Crippen LogP contribution is -2.34. The fraction of sp³-hybridized carbons (Fsp3) is 0.500. The molecule has 0 saturated heterocycles. The van der Waals surface area contributed by atoms with Gasteiger partial charge in [0.05, 0.1) is 17.7 Å². The lowest BCUT2D eigenvalue weighted by Gasteiger charge is -2.14. The van der Waals surface area contributed by atoms with E-state index in [2.05, 4.69) is 39.9 Å². The van der Waals surface area contributed by atoms with E-state index in [-0.39, 0.29) is 5.75 Å². The zero-order chi connectivity index (χ0) is 27.7. The van der Waals surface area contributed by atoms with E-state index in [9.17, 15) is 9.18 Å². The molecule has 2 aromatic carbocycles. The van der Waals surface area contributed by atoms with Crippen molar-refractivity contribution in [1.29, 1.82) is 0 Å². The quantitative estimate of drug-likeness (QED) is 0.122. The second-order valence-electron chi connectivity index (χ2n) is 10.3. The predicted octanol–water partition coefficient (Wildman–Crippen LogP) is 9.26. The van der Waals surface area contributed by atoms with Gasteiger partial charge in [-0.25, -0.2) is 9.18 Å². The van der Waals surface area contributed by atoms with Gasteiger partial charge in [0.15, 0.2) is 23.8 Å². The zero-order valence-electron chi connectivity index (χ0n) is 23.6. The molecule has 2 N–H and O–H groups in total. The largest absolute Gasteiger partial charge is 0.488 e. The zero-order valence-corrected chi connectivity index (χ0v) is 24.5. The van der Waals surface area contributed by atoms with Gasteiger partial charge in [-0.1, -0.05) is 107 Å². The number of benzene rings is 2. The number of aromatic nitrogens is 1. The average molecular weight is 555 g/mol. The number of ether oxygens (including phenoxy) is 1. The summed E-state index contributed by atoms with van der Waals surface area (Å²) in [5.74, 6) is -0.384. The first-order valence-corrected chi connectivity index (χ1v) is 15.5. The van der Waals surface area contributed by atoms with Crippen LogP contribution in [0.25, 0.3) is 0 Å². The van der Waals surface area contributed by atoms with Gasteiger partial charge in [-0.15, -0.1) is 0 Å². The smallest absolute Gasteiger partial charge is 0.323 e. The van der Waals surface area contributed by atoms with Crippen LogP contribution in [-0.4, -0.2) is 12.6 Å². The molecule has 0 aliphatic carbocycles. The third-order valence-corrected chi connectivity index (χ3v) is 7.73. The van der Waals surface area contributed by atoms with Crippen molar-refractivity contribution in [2.75, 3.05) is 17.2 Å². The molecule has 7 heteroatoms. The fourth-order valence-corrected chi connectivity index (χ4v) is 5.40. The number of amides is 2. The number of aryl methyl sites for hydroxylation is 1. The number of hydrogen-bond acceptors (Lipinski definition) is 3. The number of para-hydroxylation sites is 1. The summed E-state index contributed by atoms with van der Waals surface area (Å²) in [5, 5.41) is 7.71. The van der Waals surface area contributed by atoms with Gasteiger partial charge in [-0.05, 0) is 30.7 Å². The molecule has 0 unspecified atom stereocenters. The average Bonchev–Trinajstić information content (AvgIpc) is 3.32.